The summed E-state index contributed by atoms with van der Waals surface area (Å²) in [5.74, 6) is -1.51. The van der Waals surface area contributed by atoms with Crippen LogP contribution < -0.4 is 5.32 Å². The Morgan fingerprint density at radius 3 is 2.59 bits per heavy atom. The molecule has 1 fully saturated rings. The minimum absolute atomic E-state index is 0.206. The first kappa shape index (κ1) is 15.0. The molecule has 0 heterocycles. The standard InChI is InChI=1S/C17H16BrNO3/c18-13-7-6-10-8-12(5-4-11(10)9-13)16(20)19-15-3-1-2-14(15)17(21)22/h4-9,14-15H,1-3H2,(H,19,20)(H,21,22)/t14-,15+/m1/s1. The van der Waals surface area contributed by atoms with Gasteiger partial charge >= 0.3 is 5.97 Å². The van der Waals surface area contributed by atoms with Crippen LogP contribution >= 0.6 is 15.9 Å². The number of carbonyl (C=O) groups is 2. The third kappa shape index (κ3) is 2.99. The zero-order valence-electron chi connectivity index (χ0n) is 11.9. The number of amides is 1. The second-order valence-electron chi connectivity index (χ2n) is 5.66. The molecule has 0 aliphatic heterocycles. The van der Waals surface area contributed by atoms with Crippen LogP contribution in [0, 0.1) is 5.92 Å². The fourth-order valence-electron chi connectivity index (χ4n) is 3.04. The van der Waals surface area contributed by atoms with E-state index in [9.17, 15) is 14.7 Å². The summed E-state index contributed by atoms with van der Waals surface area (Å²) >= 11 is 3.42. The van der Waals surface area contributed by atoms with Crippen molar-refractivity contribution in [3.63, 3.8) is 0 Å². The molecular formula is C17H16BrNO3. The first-order chi connectivity index (χ1) is 10.5. The summed E-state index contributed by atoms with van der Waals surface area (Å²) in [6.07, 6.45) is 2.20. The van der Waals surface area contributed by atoms with Crippen LogP contribution in [-0.4, -0.2) is 23.0 Å². The molecule has 114 valence electrons. The maximum Gasteiger partial charge on any atom is 0.308 e. The number of halogens is 1. The van der Waals surface area contributed by atoms with E-state index in [1.54, 1.807) is 6.07 Å². The number of rotatable bonds is 3. The van der Waals surface area contributed by atoms with Gasteiger partial charge in [0.1, 0.15) is 0 Å². The molecule has 2 atom stereocenters. The van der Waals surface area contributed by atoms with Gasteiger partial charge in [0.15, 0.2) is 0 Å². The molecule has 0 bridgehead atoms. The van der Waals surface area contributed by atoms with Gasteiger partial charge in [-0.2, -0.15) is 0 Å². The summed E-state index contributed by atoms with van der Waals surface area (Å²) in [7, 11) is 0. The van der Waals surface area contributed by atoms with Gasteiger partial charge in [0, 0.05) is 16.1 Å². The Bertz CT molecular complexity index is 744. The highest BCUT2D eigenvalue weighted by atomic mass is 79.9. The van der Waals surface area contributed by atoms with E-state index in [-0.39, 0.29) is 11.9 Å². The molecule has 2 N–H and O–H groups in total. The molecule has 0 saturated heterocycles. The molecule has 0 aromatic heterocycles. The Labute approximate surface area is 136 Å². The van der Waals surface area contributed by atoms with Crippen molar-refractivity contribution in [1.82, 2.24) is 5.32 Å². The smallest absolute Gasteiger partial charge is 0.308 e. The molecule has 1 aliphatic rings. The number of hydrogen-bond donors (Lipinski definition) is 2. The molecule has 1 aliphatic carbocycles. The predicted octanol–water partition coefficient (Wildman–Crippen LogP) is 3.59. The van der Waals surface area contributed by atoms with Crippen LogP contribution in [0.5, 0.6) is 0 Å². The molecule has 0 unspecified atom stereocenters. The lowest BCUT2D eigenvalue weighted by Gasteiger charge is -2.17. The molecule has 1 amide bonds. The molecule has 0 spiro atoms. The van der Waals surface area contributed by atoms with Crippen LogP contribution in [0.4, 0.5) is 0 Å². The van der Waals surface area contributed by atoms with Crippen LogP contribution in [0.25, 0.3) is 10.8 Å². The lowest BCUT2D eigenvalue weighted by molar-refractivity contribution is -0.142. The molecule has 3 rings (SSSR count). The number of aliphatic carboxylic acids is 1. The van der Waals surface area contributed by atoms with E-state index in [4.69, 9.17) is 0 Å². The fourth-order valence-corrected chi connectivity index (χ4v) is 3.42. The molecule has 1 saturated carbocycles. The zero-order chi connectivity index (χ0) is 15.7. The van der Waals surface area contributed by atoms with Crippen molar-refractivity contribution >= 4 is 38.6 Å². The minimum Gasteiger partial charge on any atom is -0.481 e. The Morgan fingerprint density at radius 1 is 1.09 bits per heavy atom. The quantitative estimate of drug-likeness (QED) is 0.877. The van der Waals surface area contributed by atoms with Gasteiger partial charge in [-0.1, -0.05) is 34.5 Å². The van der Waals surface area contributed by atoms with Gasteiger partial charge in [-0.15, -0.1) is 0 Å². The van der Waals surface area contributed by atoms with Crippen molar-refractivity contribution < 1.29 is 14.7 Å². The highest BCUT2D eigenvalue weighted by molar-refractivity contribution is 9.10. The average Bonchev–Trinajstić information content (AvgIpc) is 2.95. The molecule has 22 heavy (non-hydrogen) atoms. The van der Waals surface area contributed by atoms with Crippen LogP contribution in [0.1, 0.15) is 29.6 Å². The molecule has 2 aromatic carbocycles. The Hall–Kier alpha value is -1.88. The molecule has 0 radical (unpaired) electrons. The Kier molecular flexibility index (Phi) is 4.16. The predicted molar refractivity (Wildman–Crippen MR) is 87.9 cm³/mol. The molecule has 5 heteroatoms. The van der Waals surface area contributed by atoms with Crippen molar-refractivity contribution in [2.45, 2.75) is 25.3 Å². The van der Waals surface area contributed by atoms with Gasteiger partial charge in [0.2, 0.25) is 0 Å². The first-order valence-electron chi connectivity index (χ1n) is 7.27. The molecule has 2 aromatic rings. The number of nitrogens with one attached hydrogen (secondary N) is 1. The third-order valence-electron chi connectivity index (χ3n) is 4.21. The SMILES string of the molecule is O=C(N[C@H]1CCC[C@H]1C(=O)O)c1ccc2cc(Br)ccc2c1. The fraction of sp³-hybridized carbons (Fsp3) is 0.294. The number of carbonyl (C=O) groups excluding carboxylic acids is 1. The maximum atomic E-state index is 12.4. The molecular weight excluding hydrogens is 346 g/mol. The van der Waals surface area contributed by atoms with Gasteiger partial charge in [0.05, 0.1) is 5.92 Å². The van der Waals surface area contributed by atoms with Crippen molar-refractivity contribution in [3.8, 4) is 0 Å². The lowest BCUT2D eigenvalue weighted by Crippen LogP contribution is -2.40. The summed E-state index contributed by atoms with van der Waals surface area (Å²) in [6.45, 7) is 0. The van der Waals surface area contributed by atoms with E-state index in [2.05, 4.69) is 21.2 Å². The van der Waals surface area contributed by atoms with Gasteiger partial charge in [0.25, 0.3) is 5.91 Å². The number of hydrogen-bond acceptors (Lipinski definition) is 2. The second kappa shape index (κ2) is 6.08. The number of fused-ring (bicyclic) bond motifs is 1. The van der Waals surface area contributed by atoms with E-state index < -0.39 is 11.9 Å². The van der Waals surface area contributed by atoms with Gasteiger partial charge in [-0.05, 0) is 47.9 Å². The number of carboxylic acid groups (broad SMARTS) is 1. The van der Waals surface area contributed by atoms with Gasteiger partial charge in [-0.25, -0.2) is 0 Å². The minimum atomic E-state index is -0.828. The third-order valence-corrected chi connectivity index (χ3v) is 4.71. The van der Waals surface area contributed by atoms with Gasteiger partial charge in [-0.3, -0.25) is 9.59 Å². The summed E-state index contributed by atoms with van der Waals surface area (Å²) in [4.78, 5) is 23.5. The largest absolute Gasteiger partial charge is 0.481 e. The summed E-state index contributed by atoms with van der Waals surface area (Å²) < 4.78 is 0.993. The summed E-state index contributed by atoms with van der Waals surface area (Å²) in [6, 6.07) is 11.1. The maximum absolute atomic E-state index is 12.4. The van der Waals surface area contributed by atoms with E-state index in [0.29, 0.717) is 12.0 Å². The normalized spacial score (nSPS) is 21.0. The molecule has 4 nitrogen and oxygen atoms in total. The Morgan fingerprint density at radius 2 is 1.82 bits per heavy atom. The first-order valence-corrected chi connectivity index (χ1v) is 8.07. The van der Waals surface area contributed by atoms with E-state index in [1.165, 1.54) is 0 Å². The topological polar surface area (TPSA) is 66.4 Å². The highest BCUT2D eigenvalue weighted by Gasteiger charge is 2.33. The van der Waals surface area contributed by atoms with E-state index in [0.717, 1.165) is 28.1 Å². The van der Waals surface area contributed by atoms with E-state index >= 15 is 0 Å². The Balaban J connectivity index is 1.80. The van der Waals surface area contributed by atoms with Crippen LogP contribution in [0.2, 0.25) is 0 Å². The van der Waals surface area contributed by atoms with Crippen LogP contribution in [-0.2, 0) is 4.79 Å². The van der Waals surface area contributed by atoms with Gasteiger partial charge < -0.3 is 10.4 Å². The number of benzene rings is 2. The van der Waals surface area contributed by atoms with Crippen molar-refractivity contribution in [1.29, 1.82) is 0 Å². The lowest BCUT2D eigenvalue weighted by atomic mass is 10.0. The zero-order valence-corrected chi connectivity index (χ0v) is 13.5. The van der Waals surface area contributed by atoms with Crippen molar-refractivity contribution in [2.75, 3.05) is 0 Å². The van der Waals surface area contributed by atoms with Crippen molar-refractivity contribution in [3.05, 3.63) is 46.4 Å². The summed E-state index contributed by atoms with van der Waals surface area (Å²) in [5.41, 5.74) is 0.561. The van der Waals surface area contributed by atoms with Crippen LogP contribution in [0.15, 0.2) is 40.9 Å². The van der Waals surface area contributed by atoms with E-state index in [1.807, 2.05) is 30.3 Å². The monoisotopic (exact) mass is 361 g/mol. The summed E-state index contributed by atoms with van der Waals surface area (Å²) in [5, 5.41) is 14.1. The average molecular weight is 362 g/mol. The number of carboxylic acids is 1. The highest BCUT2D eigenvalue weighted by Crippen LogP contribution is 2.26. The second-order valence-corrected chi connectivity index (χ2v) is 6.58. The van der Waals surface area contributed by atoms with Crippen molar-refractivity contribution in [2.24, 2.45) is 5.92 Å². The van der Waals surface area contributed by atoms with Crippen LogP contribution in [0.3, 0.4) is 0 Å².